The van der Waals surface area contributed by atoms with Crippen LogP contribution in [0, 0.1) is 0 Å². The minimum Gasteiger partial charge on any atom is -0.369 e. The van der Waals surface area contributed by atoms with E-state index in [2.05, 4.69) is 24.4 Å². The van der Waals surface area contributed by atoms with Crippen molar-refractivity contribution in [2.75, 3.05) is 12.3 Å². The van der Waals surface area contributed by atoms with Gasteiger partial charge in [0.15, 0.2) is 0 Å². The summed E-state index contributed by atoms with van der Waals surface area (Å²) in [4.78, 5) is 24.3. The maximum absolute atomic E-state index is 12.5. The fourth-order valence-corrected chi connectivity index (χ4v) is 3.25. The minimum absolute atomic E-state index is 0.128. The van der Waals surface area contributed by atoms with Crippen LogP contribution in [0.3, 0.4) is 0 Å². The lowest BCUT2D eigenvalue weighted by Crippen LogP contribution is -2.28. The molecule has 0 saturated heterocycles. The lowest BCUT2D eigenvalue weighted by molar-refractivity contribution is -0.115. The van der Waals surface area contributed by atoms with Gasteiger partial charge in [-0.1, -0.05) is 49.4 Å². The number of carbonyl (C=O) groups excluding carboxylic acids is 2. The van der Waals surface area contributed by atoms with Crippen LogP contribution < -0.4 is 11.1 Å². The molecule has 0 aromatic heterocycles. The highest BCUT2D eigenvalue weighted by atomic mass is 32.2. The Labute approximate surface area is 146 Å². The molecule has 0 fully saturated rings. The van der Waals surface area contributed by atoms with Crippen molar-refractivity contribution < 1.29 is 9.59 Å². The Morgan fingerprint density at radius 3 is 2.42 bits per heavy atom. The molecule has 3 N–H and O–H groups in total. The molecule has 24 heavy (non-hydrogen) atoms. The summed E-state index contributed by atoms with van der Waals surface area (Å²) in [6.45, 7) is 2.69. The average Bonchev–Trinajstić information content (AvgIpc) is 2.61. The van der Waals surface area contributed by atoms with E-state index in [-0.39, 0.29) is 17.6 Å². The first kappa shape index (κ1) is 18.1. The van der Waals surface area contributed by atoms with Gasteiger partial charge in [0.1, 0.15) is 0 Å². The van der Waals surface area contributed by atoms with Crippen molar-refractivity contribution in [3.05, 3.63) is 65.7 Å². The summed E-state index contributed by atoms with van der Waals surface area (Å²) in [6.07, 6.45) is 0.947. The fourth-order valence-electron chi connectivity index (χ4n) is 2.46. The highest BCUT2D eigenvalue weighted by Gasteiger charge is 2.15. The van der Waals surface area contributed by atoms with Crippen molar-refractivity contribution in [2.45, 2.75) is 24.2 Å². The van der Waals surface area contributed by atoms with E-state index >= 15 is 0 Å². The highest BCUT2D eigenvalue weighted by molar-refractivity contribution is 8.00. The second-order valence-corrected chi connectivity index (χ2v) is 6.49. The third-order valence-electron chi connectivity index (χ3n) is 3.77. The van der Waals surface area contributed by atoms with E-state index in [0.29, 0.717) is 12.1 Å². The first-order valence-corrected chi connectivity index (χ1v) is 8.93. The van der Waals surface area contributed by atoms with Crippen molar-refractivity contribution in [3.8, 4) is 0 Å². The van der Waals surface area contributed by atoms with E-state index in [9.17, 15) is 9.59 Å². The second-order valence-electron chi connectivity index (χ2n) is 5.48. The second kappa shape index (κ2) is 9.13. The van der Waals surface area contributed by atoms with Gasteiger partial charge in [0.05, 0.1) is 11.3 Å². The topological polar surface area (TPSA) is 72.2 Å². The predicted octanol–water partition coefficient (Wildman–Crippen LogP) is 3.19. The summed E-state index contributed by atoms with van der Waals surface area (Å²) in [6, 6.07) is 17.4. The number of benzene rings is 2. The van der Waals surface area contributed by atoms with Crippen LogP contribution in [0.5, 0.6) is 0 Å². The monoisotopic (exact) mass is 342 g/mol. The zero-order chi connectivity index (χ0) is 17.4. The van der Waals surface area contributed by atoms with E-state index in [4.69, 9.17) is 5.73 Å². The summed E-state index contributed by atoms with van der Waals surface area (Å²) in [7, 11) is 0. The molecule has 0 aliphatic carbocycles. The minimum atomic E-state index is -0.398. The van der Waals surface area contributed by atoms with Crippen LogP contribution in [0.1, 0.15) is 35.2 Å². The lowest BCUT2D eigenvalue weighted by atomic mass is 9.96. The number of nitrogens with one attached hydrogen (secondary N) is 1. The molecule has 1 atom stereocenters. The number of thioether (sulfide) groups is 1. The number of hydrogen-bond donors (Lipinski definition) is 2. The Kier molecular flexibility index (Phi) is 6.88. The quantitative estimate of drug-likeness (QED) is 0.724. The number of carbonyl (C=O) groups is 2. The molecule has 0 bridgehead atoms. The first-order valence-electron chi connectivity index (χ1n) is 7.95. The molecule has 2 amide bonds. The van der Waals surface area contributed by atoms with Crippen LogP contribution in [0.4, 0.5) is 0 Å². The van der Waals surface area contributed by atoms with Gasteiger partial charge in [-0.3, -0.25) is 9.59 Å². The van der Waals surface area contributed by atoms with Gasteiger partial charge in [-0.15, -0.1) is 11.8 Å². The van der Waals surface area contributed by atoms with Gasteiger partial charge >= 0.3 is 0 Å². The maximum atomic E-state index is 12.5. The third kappa shape index (κ3) is 5.13. The van der Waals surface area contributed by atoms with Gasteiger partial charge in [-0.25, -0.2) is 0 Å². The molecule has 4 nitrogen and oxygen atoms in total. The van der Waals surface area contributed by atoms with E-state index < -0.39 is 5.91 Å². The Morgan fingerprint density at radius 2 is 1.75 bits per heavy atom. The molecule has 2 rings (SSSR count). The molecular formula is C19H22N2O2S. The summed E-state index contributed by atoms with van der Waals surface area (Å²) < 4.78 is 0. The molecule has 0 aliphatic heterocycles. The number of hydrogen-bond acceptors (Lipinski definition) is 3. The summed E-state index contributed by atoms with van der Waals surface area (Å²) in [5.74, 6) is -0.0887. The lowest BCUT2D eigenvalue weighted by Gasteiger charge is -2.17. The number of primary amides is 1. The standard InChI is InChI=1S/C19H22N2O2S/c1-2-14(15-8-4-3-5-9-15)12-21-19(23)16-10-6-7-11-17(16)24-13-18(20)22/h3-11,14H,2,12-13H2,1H3,(H2,20,22)(H,21,23)/t14-/m1/s1. The largest absolute Gasteiger partial charge is 0.369 e. The Hall–Kier alpha value is -2.27. The van der Waals surface area contributed by atoms with Crippen molar-refractivity contribution in [1.82, 2.24) is 5.32 Å². The van der Waals surface area contributed by atoms with Gasteiger partial charge in [0, 0.05) is 17.4 Å². The SMILES string of the molecule is CC[C@H](CNC(=O)c1ccccc1SCC(N)=O)c1ccccc1. The Bertz CT molecular complexity index is 689. The van der Waals surface area contributed by atoms with E-state index in [0.717, 1.165) is 11.3 Å². The molecular weight excluding hydrogens is 320 g/mol. The van der Waals surface area contributed by atoms with E-state index in [1.54, 1.807) is 6.07 Å². The highest BCUT2D eigenvalue weighted by Crippen LogP contribution is 2.23. The van der Waals surface area contributed by atoms with Gasteiger partial charge in [-0.2, -0.15) is 0 Å². The molecule has 0 radical (unpaired) electrons. The zero-order valence-corrected chi connectivity index (χ0v) is 14.5. The van der Waals surface area contributed by atoms with Crippen LogP contribution in [0.15, 0.2) is 59.5 Å². The zero-order valence-electron chi connectivity index (χ0n) is 13.7. The van der Waals surface area contributed by atoms with Crippen molar-refractivity contribution in [3.63, 3.8) is 0 Å². The summed E-state index contributed by atoms with van der Waals surface area (Å²) in [5, 5.41) is 3.01. The molecule has 0 unspecified atom stereocenters. The van der Waals surface area contributed by atoms with Gasteiger partial charge in [0.25, 0.3) is 5.91 Å². The molecule has 5 heteroatoms. The van der Waals surface area contributed by atoms with Crippen LogP contribution in [0.25, 0.3) is 0 Å². The number of amides is 2. The predicted molar refractivity (Wildman–Crippen MR) is 98.2 cm³/mol. The number of nitrogens with two attached hydrogens (primary N) is 1. The number of rotatable bonds is 8. The van der Waals surface area contributed by atoms with Crippen LogP contribution in [0.2, 0.25) is 0 Å². The summed E-state index contributed by atoms with van der Waals surface area (Å²) >= 11 is 1.28. The normalized spacial score (nSPS) is 11.7. The molecule has 2 aromatic rings. The van der Waals surface area contributed by atoms with Gasteiger partial charge < -0.3 is 11.1 Å². The maximum Gasteiger partial charge on any atom is 0.252 e. The molecule has 126 valence electrons. The molecule has 0 saturated carbocycles. The van der Waals surface area contributed by atoms with Crippen molar-refractivity contribution in [2.24, 2.45) is 5.73 Å². The average molecular weight is 342 g/mol. The fraction of sp³-hybridized carbons (Fsp3) is 0.263. The smallest absolute Gasteiger partial charge is 0.252 e. The van der Waals surface area contributed by atoms with E-state index in [1.165, 1.54) is 17.3 Å². The van der Waals surface area contributed by atoms with Crippen molar-refractivity contribution >= 4 is 23.6 Å². The summed E-state index contributed by atoms with van der Waals surface area (Å²) in [5.41, 5.74) is 6.98. The molecule has 0 spiro atoms. The molecule has 2 aromatic carbocycles. The van der Waals surface area contributed by atoms with Crippen LogP contribution in [-0.4, -0.2) is 24.1 Å². The Morgan fingerprint density at radius 1 is 1.08 bits per heavy atom. The van der Waals surface area contributed by atoms with Crippen LogP contribution in [-0.2, 0) is 4.79 Å². The first-order chi connectivity index (χ1) is 11.6. The van der Waals surface area contributed by atoms with Crippen molar-refractivity contribution in [1.29, 1.82) is 0 Å². The Balaban J connectivity index is 2.03. The van der Waals surface area contributed by atoms with Crippen LogP contribution >= 0.6 is 11.8 Å². The van der Waals surface area contributed by atoms with Gasteiger partial charge in [-0.05, 0) is 24.1 Å². The van der Waals surface area contributed by atoms with Gasteiger partial charge in [0.2, 0.25) is 5.91 Å². The van der Waals surface area contributed by atoms with E-state index in [1.807, 2.05) is 36.4 Å². The third-order valence-corrected chi connectivity index (χ3v) is 4.87. The molecule has 0 heterocycles. The molecule has 0 aliphatic rings.